The summed E-state index contributed by atoms with van der Waals surface area (Å²) in [6.45, 7) is 0. The molecule has 0 bridgehead atoms. The largest absolute Gasteiger partial charge is 0.497 e. The van der Waals surface area contributed by atoms with Crippen LogP contribution in [0.5, 0.6) is 5.75 Å². The van der Waals surface area contributed by atoms with Crippen molar-refractivity contribution >= 4 is 0 Å². The topological polar surface area (TPSA) is 9.23 Å². The number of ether oxygens (including phenoxy) is 1. The van der Waals surface area contributed by atoms with E-state index in [0.717, 1.165) is 11.3 Å². The first-order valence-electron chi connectivity index (χ1n) is 5.50. The number of halogens is 1. The molecule has 0 N–H and O–H groups in total. The maximum absolute atomic E-state index is 13.4. The Bertz CT molecular complexity index is 477. The van der Waals surface area contributed by atoms with E-state index in [0.29, 0.717) is 12.0 Å². The number of benzene rings is 2. The Hall–Kier alpha value is -1.83. The molecule has 1 radical (unpaired) electrons. The summed E-state index contributed by atoms with van der Waals surface area (Å²) in [6, 6.07) is 14.5. The Labute approximate surface area is 101 Å². The van der Waals surface area contributed by atoms with Gasteiger partial charge in [-0.2, -0.15) is 0 Å². The van der Waals surface area contributed by atoms with Crippen molar-refractivity contribution in [1.82, 2.24) is 0 Å². The summed E-state index contributed by atoms with van der Waals surface area (Å²) in [4.78, 5) is 0. The van der Waals surface area contributed by atoms with E-state index in [1.165, 1.54) is 6.07 Å². The predicted octanol–water partition coefficient (Wildman–Crippen LogP) is 3.63. The van der Waals surface area contributed by atoms with Gasteiger partial charge in [0.05, 0.1) is 7.11 Å². The molecular weight excluding hydrogens is 215 g/mol. The fraction of sp³-hybridized carbons (Fsp3) is 0.133. The van der Waals surface area contributed by atoms with Crippen LogP contribution in [0.2, 0.25) is 0 Å². The van der Waals surface area contributed by atoms with Crippen LogP contribution in [-0.2, 0) is 6.42 Å². The molecule has 87 valence electrons. The normalized spacial score (nSPS) is 10.2. The van der Waals surface area contributed by atoms with Crippen LogP contribution in [0.25, 0.3) is 0 Å². The quantitative estimate of drug-likeness (QED) is 0.778. The zero-order valence-electron chi connectivity index (χ0n) is 9.69. The van der Waals surface area contributed by atoms with Crippen molar-refractivity contribution in [3.63, 3.8) is 0 Å². The number of hydrogen-bond acceptors (Lipinski definition) is 1. The van der Waals surface area contributed by atoms with Gasteiger partial charge < -0.3 is 4.74 Å². The zero-order valence-corrected chi connectivity index (χ0v) is 9.69. The molecule has 17 heavy (non-hydrogen) atoms. The highest BCUT2D eigenvalue weighted by molar-refractivity contribution is 5.33. The first-order valence-corrected chi connectivity index (χ1v) is 5.50. The third-order valence-corrected chi connectivity index (χ3v) is 2.63. The molecule has 2 heteroatoms. The smallest absolute Gasteiger partial charge is 0.126 e. The Morgan fingerprint density at radius 3 is 2.41 bits per heavy atom. The zero-order chi connectivity index (χ0) is 12.1. The molecule has 2 aromatic carbocycles. The highest BCUT2D eigenvalue weighted by atomic mass is 19.1. The molecule has 0 atom stereocenters. The molecule has 0 heterocycles. The van der Waals surface area contributed by atoms with Crippen molar-refractivity contribution in [1.29, 1.82) is 0 Å². The van der Waals surface area contributed by atoms with Gasteiger partial charge in [-0.15, -0.1) is 0 Å². The van der Waals surface area contributed by atoms with Crippen molar-refractivity contribution < 1.29 is 9.13 Å². The highest BCUT2D eigenvalue weighted by Gasteiger charge is 2.01. The van der Waals surface area contributed by atoms with Crippen LogP contribution in [-0.4, -0.2) is 7.11 Å². The van der Waals surface area contributed by atoms with Crippen LogP contribution in [0.3, 0.4) is 0 Å². The Morgan fingerprint density at radius 2 is 1.76 bits per heavy atom. The number of methoxy groups -OCH3 is 1. The van der Waals surface area contributed by atoms with Gasteiger partial charge in [0.15, 0.2) is 0 Å². The van der Waals surface area contributed by atoms with Crippen LogP contribution in [0, 0.1) is 12.2 Å². The summed E-state index contributed by atoms with van der Waals surface area (Å²) >= 11 is 0. The van der Waals surface area contributed by atoms with E-state index >= 15 is 0 Å². The average molecular weight is 229 g/mol. The monoisotopic (exact) mass is 229 g/mol. The minimum atomic E-state index is -0.155. The van der Waals surface area contributed by atoms with Gasteiger partial charge in [0.1, 0.15) is 11.6 Å². The molecule has 0 saturated carbocycles. The second-order valence-corrected chi connectivity index (χ2v) is 3.77. The van der Waals surface area contributed by atoms with Gasteiger partial charge in [-0.25, -0.2) is 4.39 Å². The molecule has 0 aliphatic rings. The number of hydrogen-bond donors (Lipinski definition) is 0. The van der Waals surface area contributed by atoms with Gasteiger partial charge in [0, 0.05) is 0 Å². The first kappa shape index (κ1) is 11.6. The second-order valence-electron chi connectivity index (χ2n) is 3.77. The lowest BCUT2D eigenvalue weighted by Crippen LogP contribution is -1.92. The third-order valence-electron chi connectivity index (χ3n) is 2.63. The molecule has 0 amide bonds. The van der Waals surface area contributed by atoms with Gasteiger partial charge in [-0.05, 0) is 42.2 Å². The number of rotatable bonds is 4. The summed E-state index contributed by atoms with van der Waals surface area (Å²) in [6.07, 6.45) is 2.59. The minimum Gasteiger partial charge on any atom is -0.497 e. The fourth-order valence-electron chi connectivity index (χ4n) is 1.63. The Kier molecular flexibility index (Phi) is 3.76. The molecule has 2 rings (SSSR count). The van der Waals surface area contributed by atoms with E-state index in [4.69, 9.17) is 4.74 Å². The van der Waals surface area contributed by atoms with Crippen molar-refractivity contribution in [2.75, 3.05) is 7.11 Å². The summed E-state index contributed by atoms with van der Waals surface area (Å²) in [5.41, 5.74) is 1.78. The van der Waals surface area contributed by atoms with Crippen LogP contribution >= 0.6 is 0 Å². The maximum Gasteiger partial charge on any atom is 0.126 e. The average Bonchev–Trinajstić information content (AvgIpc) is 2.38. The standard InChI is InChI=1S/C15H14FO/c1-17-14-10-7-12(8-11-14)6-9-13-4-2-3-5-15(13)16/h2-8,10-11H,9H2,1H3. The molecule has 2 aromatic rings. The van der Waals surface area contributed by atoms with Gasteiger partial charge in [0.25, 0.3) is 0 Å². The maximum atomic E-state index is 13.4. The van der Waals surface area contributed by atoms with Gasteiger partial charge >= 0.3 is 0 Å². The SMILES string of the molecule is COc1ccc([CH]Cc2ccccc2F)cc1. The van der Waals surface area contributed by atoms with E-state index in [-0.39, 0.29) is 5.82 Å². The molecule has 0 aromatic heterocycles. The fourth-order valence-corrected chi connectivity index (χ4v) is 1.63. The van der Waals surface area contributed by atoms with Gasteiger partial charge in [-0.3, -0.25) is 0 Å². The third kappa shape index (κ3) is 3.06. The summed E-state index contributed by atoms with van der Waals surface area (Å²) in [7, 11) is 1.64. The Morgan fingerprint density at radius 1 is 1.06 bits per heavy atom. The first-order chi connectivity index (χ1) is 8.29. The van der Waals surface area contributed by atoms with E-state index < -0.39 is 0 Å². The predicted molar refractivity (Wildman–Crippen MR) is 66.5 cm³/mol. The molecule has 0 saturated heterocycles. The van der Waals surface area contributed by atoms with Gasteiger partial charge in [-0.1, -0.05) is 30.3 Å². The highest BCUT2D eigenvalue weighted by Crippen LogP contribution is 2.15. The lowest BCUT2D eigenvalue weighted by molar-refractivity contribution is 0.414. The van der Waals surface area contributed by atoms with Crippen molar-refractivity contribution in [2.45, 2.75) is 6.42 Å². The van der Waals surface area contributed by atoms with E-state index in [1.807, 2.05) is 36.8 Å². The second kappa shape index (κ2) is 5.48. The van der Waals surface area contributed by atoms with Crippen molar-refractivity contribution in [3.8, 4) is 5.75 Å². The molecule has 1 nitrogen and oxygen atoms in total. The summed E-state index contributed by atoms with van der Waals surface area (Å²) in [5, 5.41) is 0. The van der Waals surface area contributed by atoms with Crippen molar-refractivity contribution in [3.05, 3.63) is 71.9 Å². The minimum absolute atomic E-state index is 0.155. The molecule has 0 aliphatic heterocycles. The van der Waals surface area contributed by atoms with Gasteiger partial charge in [0.2, 0.25) is 0 Å². The van der Waals surface area contributed by atoms with Crippen LogP contribution in [0.15, 0.2) is 48.5 Å². The molecule has 0 spiro atoms. The molecule has 0 fully saturated rings. The molecular formula is C15H14FO. The molecule has 0 aliphatic carbocycles. The molecule has 0 unspecified atom stereocenters. The lowest BCUT2D eigenvalue weighted by atomic mass is 10.0. The van der Waals surface area contributed by atoms with E-state index in [2.05, 4.69) is 0 Å². The lowest BCUT2D eigenvalue weighted by Gasteiger charge is -2.04. The van der Waals surface area contributed by atoms with Crippen LogP contribution in [0.1, 0.15) is 11.1 Å². The summed E-state index contributed by atoms with van der Waals surface area (Å²) in [5.74, 6) is 0.672. The van der Waals surface area contributed by atoms with E-state index in [9.17, 15) is 4.39 Å². The summed E-state index contributed by atoms with van der Waals surface area (Å²) < 4.78 is 18.4. The Balaban J connectivity index is 2.00. The van der Waals surface area contributed by atoms with E-state index in [1.54, 1.807) is 19.2 Å². The van der Waals surface area contributed by atoms with Crippen LogP contribution in [0.4, 0.5) is 4.39 Å². The van der Waals surface area contributed by atoms with Crippen LogP contribution < -0.4 is 4.74 Å². The van der Waals surface area contributed by atoms with Crippen molar-refractivity contribution in [2.24, 2.45) is 0 Å².